The van der Waals surface area contributed by atoms with Crippen LogP contribution < -0.4 is 0 Å². The lowest BCUT2D eigenvalue weighted by Crippen LogP contribution is -1.45. The van der Waals surface area contributed by atoms with Crippen molar-refractivity contribution >= 4 is 32.4 Å². The molecule has 0 amide bonds. The van der Waals surface area contributed by atoms with Crippen LogP contribution >= 0.6 is 0 Å². The van der Waals surface area contributed by atoms with Crippen molar-refractivity contribution in [3.8, 4) is 0 Å². The van der Waals surface area contributed by atoms with Crippen LogP contribution in [0.15, 0.2) is 0 Å². The fourth-order valence-corrected chi connectivity index (χ4v) is 0. The van der Waals surface area contributed by atoms with Gasteiger partial charge in [-0.1, -0.05) is 0 Å². The summed E-state index contributed by atoms with van der Waals surface area (Å²) >= 11 is -2.58. The second kappa shape index (κ2) is 9.14. The molecule has 0 atom stereocenters. The zero-order valence-corrected chi connectivity index (χ0v) is 2.88. The number of rotatable bonds is 0. The lowest BCUT2D eigenvalue weighted by Gasteiger charge is -1.34. The standard InChI is InChI=1S/2FH.Mg.H4Si/h2*1H;;1H4/q;;+2;/p-2. The van der Waals surface area contributed by atoms with Crippen molar-refractivity contribution < 1.29 is 5.91 Å². The quantitative estimate of drug-likeness (QED) is 0.338. The summed E-state index contributed by atoms with van der Waals surface area (Å²) in [6.07, 6.45) is 0. The minimum absolute atomic E-state index is 0. The Labute approximate surface area is 38.8 Å². The van der Waals surface area contributed by atoms with E-state index in [4.69, 9.17) is 0 Å². The molecule has 0 aromatic carbocycles. The Kier molecular flexibility index (Phi) is 20.2. The van der Waals surface area contributed by atoms with Gasteiger partial charge >= 0.3 is 21.5 Å². The lowest BCUT2D eigenvalue weighted by molar-refractivity contribution is 0.712. The third-order valence-corrected chi connectivity index (χ3v) is 0. The Hall–Kier alpha value is 0.843. The van der Waals surface area contributed by atoms with E-state index in [1.807, 2.05) is 0 Å². The van der Waals surface area contributed by atoms with E-state index >= 15 is 0 Å². The van der Waals surface area contributed by atoms with Crippen molar-refractivity contribution in [3.63, 3.8) is 0 Å². The van der Waals surface area contributed by atoms with Crippen LogP contribution in [0.4, 0.5) is 5.91 Å². The van der Waals surface area contributed by atoms with E-state index in [2.05, 4.69) is 0 Å². The highest BCUT2D eigenvalue weighted by atomic mass is 28.1. The summed E-state index contributed by atoms with van der Waals surface area (Å²) in [5.41, 5.74) is 0. The topological polar surface area (TPSA) is 0 Å². The van der Waals surface area contributed by atoms with E-state index in [0.717, 1.165) is 0 Å². The van der Waals surface area contributed by atoms with Gasteiger partial charge in [-0.15, -0.1) is 0 Å². The Balaban J connectivity index is 0. The van der Waals surface area contributed by atoms with Gasteiger partial charge < -0.3 is 5.91 Å². The molecule has 0 rings (SSSR count). The zero-order valence-electron chi connectivity index (χ0n) is 1.46. The Morgan fingerprint density at radius 3 is 1.25 bits per heavy atom. The Bertz CT molecular complexity index is 6.00. The summed E-state index contributed by atoms with van der Waals surface area (Å²) in [7, 11) is 0. The highest BCUT2D eigenvalue weighted by Crippen LogP contribution is 1.49. The lowest BCUT2D eigenvalue weighted by atomic mass is 18.6. The molecule has 0 spiro atoms. The summed E-state index contributed by atoms with van der Waals surface area (Å²) in [5, 5.41) is 0. The molecule has 0 fully saturated rings. The second-order valence-electron chi connectivity index (χ2n) is 0.101. The first-order chi connectivity index (χ1) is 1.41. The maximum absolute atomic E-state index is 9.76. The summed E-state index contributed by atoms with van der Waals surface area (Å²) < 4.78 is 19.5. The molecule has 0 aliphatic carbocycles. The van der Waals surface area contributed by atoms with Crippen LogP contribution in [0.25, 0.3) is 0 Å². The first kappa shape index (κ1) is 8.85. The van der Waals surface area contributed by atoms with Gasteiger partial charge in [0.25, 0.3) is 0 Å². The van der Waals surface area contributed by atoms with Gasteiger partial charge in [-0.05, 0) is 11.0 Å². The molecule has 0 saturated heterocycles. The molecule has 0 aliphatic heterocycles. The minimum atomic E-state index is -2.58. The fraction of sp³-hybridized carbons (Fsp3) is 0. The van der Waals surface area contributed by atoms with Gasteiger partial charge in [-0.25, -0.2) is 0 Å². The summed E-state index contributed by atoms with van der Waals surface area (Å²) in [6.45, 7) is 0. The van der Waals surface area contributed by atoms with Gasteiger partial charge in [-0.2, -0.15) is 0 Å². The number of hydrogen-bond donors (Lipinski definition) is 0. The van der Waals surface area contributed by atoms with E-state index in [-0.39, 0.29) is 11.0 Å². The SMILES string of the molecule is [F][Mg][F].[SiH4]. The number of hydrogen-bond acceptors (Lipinski definition) is 0. The fourth-order valence-electron chi connectivity index (χ4n) is 0. The first-order valence-corrected chi connectivity index (χ1v) is 1.60. The van der Waals surface area contributed by atoms with Crippen LogP contribution in [-0.2, 0) is 0 Å². The maximum atomic E-state index is 9.76. The Morgan fingerprint density at radius 2 is 1.25 bits per heavy atom. The molecule has 0 aromatic rings. The van der Waals surface area contributed by atoms with Crippen LogP contribution in [0, 0.1) is 0 Å². The molecule has 0 N–H and O–H groups in total. The molecule has 0 bridgehead atoms. The highest BCUT2D eigenvalue weighted by Gasteiger charge is 1.78. The van der Waals surface area contributed by atoms with Crippen molar-refractivity contribution in [2.45, 2.75) is 0 Å². The van der Waals surface area contributed by atoms with Gasteiger partial charge in [0.15, 0.2) is 0 Å². The predicted molar refractivity (Wildman–Crippen MR) is 19.3 cm³/mol. The molecule has 4 heteroatoms. The molecule has 0 saturated carbocycles. The van der Waals surface area contributed by atoms with Crippen molar-refractivity contribution in [1.82, 2.24) is 0 Å². The van der Waals surface area contributed by atoms with E-state index in [0.29, 0.717) is 0 Å². The molecule has 0 radical (unpaired) electrons. The van der Waals surface area contributed by atoms with Crippen molar-refractivity contribution in [2.24, 2.45) is 0 Å². The van der Waals surface area contributed by atoms with Gasteiger partial charge in [0.1, 0.15) is 0 Å². The van der Waals surface area contributed by atoms with Crippen LogP contribution in [0.2, 0.25) is 0 Å². The van der Waals surface area contributed by atoms with Gasteiger partial charge in [0, 0.05) is 0 Å². The molecule has 0 unspecified atom stereocenters. The molecule has 0 nitrogen and oxygen atoms in total. The highest BCUT2D eigenvalue weighted by molar-refractivity contribution is 6.15. The van der Waals surface area contributed by atoms with E-state index < -0.39 is 21.5 Å². The second-order valence-corrected chi connectivity index (χ2v) is 0.303. The summed E-state index contributed by atoms with van der Waals surface area (Å²) in [6, 6.07) is 0. The van der Waals surface area contributed by atoms with Crippen molar-refractivity contribution in [1.29, 1.82) is 0 Å². The van der Waals surface area contributed by atoms with E-state index in [1.165, 1.54) is 0 Å². The van der Waals surface area contributed by atoms with Gasteiger partial charge in [-0.3, -0.25) is 0 Å². The minimum Gasteiger partial charge on any atom is -0.440 e. The smallest absolute Gasteiger partial charge is 0.440 e. The van der Waals surface area contributed by atoms with Crippen molar-refractivity contribution in [3.05, 3.63) is 0 Å². The maximum Gasteiger partial charge on any atom is 0.879 e. The molecular formula is H4F2MgSi. The Morgan fingerprint density at radius 1 is 1.25 bits per heavy atom. The van der Waals surface area contributed by atoms with Gasteiger partial charge in [0.05, 0.1) is 0 Å². The normalized spacial score (nSPS) is 2.50. The monoisotopic (exact) mass is 94.0 g/mol. The third-order valence-electron chi connectivity index (χ3n) is 0. The van der Waals surface area contributed by atoms with Crippen molar-refractivity contribution in [2.75, 3.05) is 0 Å². The molecule has 0 heterocycles. The average Bonchev–Trinajstić information content (AvgIpc) is 0.918. The van der Waals surface area contributed by atoms with Crippen LogP contribution in [0.1, 0.15) is 0 Å². The van der Waals surface area contributed by atoms with Crippen LogP contribution in [0.3, 0.4) is 0 Å². The molecule has 0 aliphatic rings. The first-order valence-electron chi connectivity index (χ1n) is 0.535. The van der Waals surface area contributed by atoms with Crippen LogP contribution in [-0.4, -0.2) is 32.4 Å². The third kappa shape index (κ3) is 13.6. The molecular weight excluding hydrogens is 90.4 g/mol. The summed E-state index contributed by atoms with van der Waals surface area (Å²) in [4.78, 5) is 0. The number of halogens is 2. The average molecular weight is 94.4 g/mol. The van der Waals surface area contributed by atoms with E-state index in [1.54, 1.807) is 0 Å². The largest absolute Gasteiger partial charge is 0.879 e. The van der Waals surface area contributed by atoms with E-state index in [9.17, 15) is 5.91 Å². The zero-order chi connectivity index (χ0) is 2.71. The summed E-state index contributed by atoms with van der Waals surface area (Å²) in [5.74, 6) is 0. The predicted octanol–water partition coefficient (Wildman–Crippen LogP) is -0.992. The van der Waals surface area contributed by atoms with Gasteiger partial charge in [0.2, 0.25) is 0 Å². The molecule has 0 aromatic heterocycles. The van der Waals surface area contributed by atoms with Crippen LogP contribution in [0.5, 0.6) is 0 Å². The molecule has 4 heavy (non-hydrogen) atoms. The molecule has 24 valence electrons.